The highest BCUT2D eigenvalue weighted by atomic mass is 35.5. The topological polar surface area (TPSA) is 41.1 Å². The van der Waals surface area contributed by atoms with Crippen molar-refractivity contribution in [3.05, 3.63) is 64.2 Å². The van der Waals surface area contributed by atoms with Crippen LogP contribution in [-0.2, 0) is 4.79 Å². The van der Waals surface area contributed by atoms with Crippen molar-refractivity contribution in [1.29, 1.82) is 0 Å². The number of para-hydroxylation sites is 1. The maximum absolute atomic E-state index is 12.4. The summed E-state index contributed by atoms with van der Waals surface area (Å²) >= 11 is 5.97. The number of aryl methyl sites for hydroxylation is 2. The molecule has 2 aromatic carbocycles. The number of carbonyl (C=O) groups excluding carboxylic acids is 1. The molecule has 1 amide bonds. The Hall–Kier alpha value is -2.00. The predicted molar refractivity (Wildman–Crippen MR) is 99.5 cm³/mol. The lowest BCUT2D eigenvalue weighted by Gasteiger charge is -2.20. The van der Waals surface area contributed by atoms with Gasteiger partial charge in [0.25, 0.3) is 0 Å². The third kappa shape index (κ3) is 4.09. The Bertz CT molecular complexity index is 703. The SMILES string of the molecule is Cc1cccc(C)c1NCC(=O)NC(c1ccc(Cl)cc1)C1CC1. The predicted octanol–water partition coefficient (Wildman–Crippen LogP) is 4.64. The van der Waals surface area contributed by atoms with Crippen LogP contribution in [0.2, 0.25) is 5.02 Å². The summed E-state index contributed by atoms with van der Waals surface area (Å²) in [7, 11) is 0. The Labute approximate surface area is 148 Å². The van der Waals surface area contributed by atoms with E-state index in [9.17, 15) is 4.79 Å². The van der Waals surface area contributed by atoms with Gasteiger partial charge < -0.3 is 10.6 Å². The van der Waals surface area contributed by atoms with E-state index in [4.69, 9.17) is 11.6 Å². The van der Waals surface area contributed by atoms with Gasteiger partial charge in [-0.05, 0) is 61.4 Å². The molecule has 1 aliphatic carbocycles. The lowest BCUT2D eigenvalue weighted by molar-refractivity contribution is -0.120. The van der Waals surface area contributed by atoms with Gasteiger partial charge in [-0.25, -0.2) is 0 Å². The molecule has 4 heteroatoms. The van der Waals surface area contributed by atoms with E-state index in [0.717, 1.165) is 40.2 Å². The number of nitrogens with one attached hydrogen (secondary N) is 2. The van der Waals surface area contributed by atoms with Crippen molar-refractivity contribution in [2.75, 3.05) is 11.9 Å². The molecule has 0 heterocycles. The summed E-state index contributed by atoms with van der Waals surface area (Å²) in [6.07, 6.45) is 2.33. The quantitative estimate of drug-likeness (QED) is 0.803. The molecule has 0 spiro atoms. The fourth-order valence-electron chi connectivity index (χ4n) is 3.06. The van der Waals surface area contributed by atoms with Gasteiger partial charge in [-0.15, -0.1) is 0 Å². The molecule has 2 N–H and O–H groups in total. The summed E-state index contributed by atoms with van der Waals surface area (Å²) < 4.78 is 0. The van der Waals surface area contributed by atoms with Crippen molar-refractivity contribution in [3.8, 4) is 0 Å². The van der Waals surface area contributed by atoms with Crippen LogP contribution in [0.1, 0.15) is 35.6 Å². The zero-order valence-corrected chi connectivity index (χ0v) is 14.9. The van der Waals surface area contributed by atoms with Gasteiger partial charge >= 0.3 is 0 Å². The van der Waals surface area contributed by atoms with Gasteiger partial charge in [-0.3, -0.25) is 4.79 Å². The minimum Gasteiger partial charge on any atom is -0.376 e. The molecule has 24 heavy (non-hydrogen) atoms. The van der Waals surface area contributed by atoms with Gasteiger partial charge in [0, 0.05) is 10.7 Å². The second kappa shape index (κ2) is 7.27. The summed E-state index contributed by atoms with van der Waals surface area (Å²) in [6.45, 7) is 4.38. The van der Waals surface area contributed by atoms with Gasteiger partial charge in [0.15, 0.2) is 0 Å². The minimum atomic E-state index is 0.0181. The maximum atomic E-state index is 12.4. The van der Waals surface area contributed by atoms with Gasteiger partial charge in [0.1, 0.15) is 0 Å². The van der Waals surface area contributed by atoms with Crippen LogP contribution in [0, 0.1) is 19.8 Å². The normalized spacial score (nSPS) is 15.0. The molecule has 1 fully saturated rings. The lowest BCUT2D eigenvalue weighted by Crippen LogP contribution is -2.34. The highest BCUT2D eigenvalue weighted by Crippen LogP contribution is 2.41. The molecule has 1 unspecified atom stereocenters. The second-order valence-corrected chi connectivity index (χ2v) is 6.99. The molecule has 0 radical (unpaired) electrons. The summed E-state index contributed by atoms with van der Waals surface area (Å²) in [5.41, 5.74) is 4.47. The number of amides is 1. The second-order valence-electron chi connectivity index (χ2n) is 6.55. The van der Waals surface area contributed by atoms with Crippen LogP contribution >= 0.6 is 11.6 Å². The van der Waals surface area contributed by atoms with Gasteiger partial charge in [-0.1, -0.05) is 41.9 Å². The first kappa shape index (κ1) is 16.8. The molecular formula is C20H23ClN2O. The van der Waals surface area contributed by atoms with E-state index in [1.807, 2.05) is 56.3 Å². The van der Waals surface area contributed by atoms with E-state index in [0.29, 0.717) is 5.92 Å². The maximum Gasteiger partial charge on any atom is 0.239 e. The first-order valence-corrected chi connectivity index (χ1v) is 8.77. The first-order valence-electron chi connectivity index (χ1n) is 8.39. The van der Waals surface area contributed by atoms with Gasteiger partial charge in [-0.2, -0.15) is 0 Å². The minimum absolute atomic E-state index is 0.0181. The Morgan fingerprint density at radius 3 is 2.33 bits per heavy atom. The fraction of sp³-hybridized carbons (Fsp3) is 0.350. The highest BCUT2D eigenvalue weighted by molar-refractivity contribution is 6.30. The van der Waals surface area contributed by atoms with Crippen LogP contribution in [0.3, 0.4) is 0 Å². The lowest BCUT2D eigenvalue weighted by atomic mass is 10.0. The molecule has 3 rings (SSSR count). The number of hydrogen-bond donors (Lipinski definition) is 2. The third-order valence-electron chi connectivity index (χ3n) is 4.55. The van der Waals surface area contributed by atoms with Crippen molar-refractivity contribution in [2.24, 2.45) is 5.92 Å². The van der Waals surface area contributed by atoms with Crippen molar-refractivity contribution >= 4 is 23.2 Å². The van der Waals surface area contributed by atoms with Crippen LogP contribution in [0.5, 0.6) is 0 Å². The van der Waals surface area contributed by atoms with E-state index in [1.54, 1.807) is 0 Å². The smallest absolute Gasteiger partial charge is 0.239 e. The molecule has 0 aliphatic heterocycles. The van der Waals surface area contributed by atoms with E-state index < -0.39 is 0 Å². The average molecular weight is 343 g/mol. The molecule has 0 saturated heterocycles. The molecule has 3 nitrogen and oxygen atoms in total. The molecule has 1 saturated carbocycles. The zero-order valence-electron chi connectivity index (χ0n) is 14.1. The van der Waals surface area contributed by atoms with Crippen molar-refractivity contribution in [2.45, 2.75) is 32.7 Å². The summed E-state index contributed by atoms with van der Waals surface area (Å²) in [6, 6.07) is 14.0. The Morgan fingerprint density at radius 2 is 1.75 bits per heavy atom. The van der Waals surface area contributed by atoms with Crippen LogP contribution < -0.4 is 10.6 Å². The Kier molecular flexibility index (Phi) is 5.10. The third-order valence-corrected chi connectivity index (χ3v) is 4.80. The van der Waals surface area contributed by atoms with E-state index in [-0.39, 0.29) is 18.5 Å². The van der Waals surface area contributed by atoms with Crippen LogP contribution in [0.4, 0.5) is 5.69 Å². The molecule has 0 bridgehead atoms. The standard InChI is InChI=1S/C20H23ClN2O/c1-13-4-3-5-14(2)19(13)22-12-18(24)23-20(15-6-7-15)16-8-10-17(21)11-9-16/h3-5,8-11,15,20,22H,6-7,12H2,1-2H3,(H,23,24). The number of anilines is 1. The zero-order chi connectivity index (χ0) is 17.1. The molecule has 1 atom stereocenters. The number of benzene rings is 2. The van der Waals surface area contributed by atoms with Crippen LogP contribution in [0.25, 0.3) is 0 Å². The summed E-state index contributed by atoms with van der Waals surface area (Å²) in [5.74, 6) is 0.555. The molecule has 1 aliphatic rings. The van der Waals surface area contributed by atoms with E-state index >= 15 is 0 Å². The van der Waals surface area contributed by atoms with Crippen LogP contribution in [0.15, 0.2) is 42.5 Å². The van der Waals surface area contributed by atoms with E-state index in [2.05, 4.69) is 10.6 Å². The number of carbonyl (C=O) groups is 1. The fourth-order valence-corrected chi connectivity index (χ4v) is 3.19. The molecule has 2 aromatic rings. The van der Waals surface area contributed by atoms with Crippen LogP contribution in [-0.4, -0.2) is 12.5 Å². The van der Waals surface area contributed by atoms with Crippen molar-refractivity contribution in [3.63, 3.8) is 0 Å². The van der Waals surface area contributed by atoms with Crippen molar-refractivity contribution in [1.82, 2.24) is 5.32 Å². The largest absolute Gasteiger partial charge is 0.376 e. The van der Waals surface area contributed by atoms with Crippen molar-refractivity contribution < 1.29 is 4.79 Å². The Balaban J connectivity index is 1.63. The number of halogens is 1. The Morgan fingerprint density at radius 1 is 1.12 bits per heavy atom. The summed E-state index contributed by atoms with van der Waals surface area (Å²) in [4.78, 5) is 12.4. The molecule has 126 valence electrons. The molecular weight excluding hydrogens is 320 g/mol. The van der Waals surface area contributed by atoms with Gasteiger partial charge in [0.2, 0.25) is 5.91 Å². The average Bonchev–Trinajstić information content (AvgIpc) is 3.38. The number of hydrogen-bond acceptors (Lipinski definition) is 2. The number of rotatable bonds is 6. The monoisotopic (exact) mass is 342 g/mol. The highest BCUT2D eigenvalue weighted by Gasteiger charge is 2.33. The molecule has 0 aromatic heterocycles. The first-order chi connectivity index (χ1) is 11.5. The van der Waals surface area contributed by atoms with E-state index in [1.165, 1.54) is 0 Å². The summed E-state index contributed by atoms with van der Waals surface area (Å²) in [5, 5.41) is 7.17. The van der Waals surface area contributed by atoms with Gasteiger partial charge in [0.05, 0.1) is 12.6 Å².